The Morgan fingerprint density at radius 1 is 1.04 bits per heavy atom. The van der Waals surface area contributed by atoms with Gasteiger partial charge in [0.05, 0.1) is 24.2 Å². The standard InChI is InChI=1S/C21H33NO2/c1-20-9-8-17-15(16(20)7-5-14(20)12-22)6-4-13-10-18(23)19(24-3)11-21(13,17)2/h13-19,23H,4-11H2,1-3H3/t13?,14-,15+,16?,17?,18+,19-,20-,21+/m1/s1. The van der Waals surface area contributed by atoms with E-state index in [1.165, 1.54) is 32.1 Å². The third kappa shape index (κ3) is 2.15. The SMILES string of the molecule is CO[C@@H]1C[C@@]2(C)C(CC[C@@H]3C2CC[C@@]2(C)C3CC[C@@H]2C#N)C[C@@H]1O. The highest BCUT2D eigenvalue weighted by Gasteiger charge is 2.61. The van der Waals surface area contributed by atoms with Gasteiger partial charge in [0.15, 0.2) is 0 Å². The van der Waals surface area contributed by atoms with Gasteiger partial charge < -0.3 is 9.84 Å². The summed E-state index contributed by atoms with van der Waals surface area (Å²) in [7, 11) is 1.75. The number of methoxy groups -OCH3 is 1. The Balaban J connectivity index is 1.62. The van der Waals surface area contributed by atoms with E-state index in [9.17, 15) is 10.4 Å². The van der Waals surface area contributed by atoms with Crippen LogP contribution in [0.5, 0.6) is 0 Å². The number of hydrogen-bond acceptors (Lipinski definition) is 3. The molecule has 0 aromatic rings. The average Bonchev–Trinajstić information content (AvgIpc) is 2.91. The second kappa shape index (κ2) is 5.71. The fraction of sp³-hybridized carbons (Fsp3) is 0.952. The van der Waals surface area contributed by atoms with Crippen LogP contribution in [-0.2, 0) is 4.74 Å². The van der Waals surface area contributed by atoms with Gasteiger partial charge in [-0.3, -0.25) is 0 Å². The van der Waals surface area contributed by atoms with Gasteiger partial charge in [-0.15, -0.1) is 0 Å². The third-order valence-electron chi connectivity index (χ3n) is 9.12. The Labute approximate surface area is 146 Å². The van der Waals surface area contributed by atoms with E-state index in [0.29, 0.717) is 11.3 Å². The molecule has 0 radical (unpaired) electrons. The molecule has 0 spiro atoms. The van der Waals surface area contributed by atoms with Crippen LogP contribution in [0.2, 0.25) is 0 Å². The van der Waals surface area contributed by atoms with Crippen LogP contribution in [-0.4, -0.2) is 24.4 Å². The van der Waals surface area contributed by atoms with Crippen LogP contribution in [0, 0.1) is 51.8 Å². The monoisotopic (exact) mass is 331 g/mol. The second-order valence-corrected chi connectivity index (χ2v) is 9.74. The lowest BCUT2D eigenvalue weighted by molar-refractivity contribution is -0.164. The van der Waals surface area contributed by atoms with Crippen LogP contribution in [0.4, 0.5) is 0 Å². The van der Waals surface area contributed by atoms with E-state index < -0.39 is 0 Å². The van der Waals surface area contributed by atoms with E-state index >= 15 is 0 Å². The number of nitriles is 1. The lowest BCUT2D eigenvalue weighted by atomic mass is 9.44. The normalized spacial score (nSPS) is 56.7. The molecule has 9 atom stereocenters. The molecule has 4 aliphatic carbocycles. The van der Waals surface area contributed by atoms with Gasteiger partial charge in [0.2, 0.25) is 0 Å². The quantitative estimate of drug-likeness (QED) is 0.785. The Kier molecular flexibility index (Phi) is 4.01. The largest absolute Gasteiger partial charge is 0.390 e. The van der Waals surface area contributed by atoms with Crippen molar-refractivity contribution < 1.29 is 9.84 Å². The van der Waals surface area contributed by atoms with Crippen molar-refractivity contribution in [2.45, 2.75) is 77.4 Å². The summed E-state index contributed by atoms with van der Waals surface area (Å²) in [5, 5.41) is 20.0. The molecular weight excluding hydrogens is 298 g/mol. The average molecular weight is 332 g/mol. The topological polar surface area (TPSA) is 53.2 Å². The molecule has 4 fully saturated rings. The molecule has 24 heavy (non-hydrogen) atoms. The molecule has 0 bridgehead atoms. The molecule has 3 unspecified atom stereocenters. The number of ether oxygens (including phenoxy) is 1. The molecule has 0 aromatic heterocycles. The second-order valence-electron chi connectivity index (χ2n) is 9.74. The number of aliphatic hydroxyl groups is 1. The van der Waals surface area contributed by atoms with Crippen LogP contribution < -0.4 is 0 Å². The van der Waals surface area contributed by atoms with Crippen molar-refractivity contribution in [2.75, 3.05) is 7.11 Å². The van der Waals surface area contributed by atoms with Gasteiger partial charge in [0.1, 0.15) is 0 Å². The van der Waals surface area contributed by atoms with Crippen molar-refractivity contribution in [1.82, 2.24) is 0 Å². The van der Waals surface area contributed by atoms with E-state index in [1.54, 1.807) is 7.11 Å². The van der Waals surface area contributed by atoms with Crippen molar-refractivity contribution in [3.63, 3.8) is 0 Å². The van der Waals surface area contributed by atoms with Crippen molar-refractivity contribution in [2.24, 2.45) is 40.4 Å². The number of rotatable bonds is 1. The Bertz CT molecular complexity index is 542. The molecule has 1 N–H and O–H groups in total. The molecule has 0 amide bonds. The zero-order chi connectivity index (χ0) is 17.1. The highest BCUT2D eigenvalue weighted by molar-refractivity contribution is 5.13. The first-order valence-electron chi connectivity index (χ1n) is 10.0. The predicted molar refractivity (Wildman–Crippen MR) is 93.0 cm³/mol. The summed E-state index contributed by atoms with van der Waals surface area (Å²) in [5.41, 5.74) is 0.572. The van der Waals surface area contributed by atoms with Crippen LogP contribution >= 0.6 is 0 Å². The number of fused-ring (bicyclic) bond motifs is 5. The summed E-state index contributed by atoms with van der Waals surface area (Å²) in [6.45, 7) is 4.90. The third-order valence-corrected chi connectivity index (χ3v) is 9.12. The summed E-state index contributed by atoms with van der Waals surface area (Å²) in [6.07, 6.45) is 9.09. The summed E-state index contributed by atoms with van der Waals surface area (Å²) in [4.78, 5) is 0. The minimum atomic E-state index is -0.284. The minimum Gasteiger partial charge on any atom is -0.390 e. The molecular formula is C21H33NO2. The molecule has 4 rings (SSSR count). The minimum absolute atomic E-state index is 0.00810. The van der Waals surface area contributed by atoms with Crippen LogP contribution in [0.15, 0.2) is 0 Å². The van der Waals surface area contributed by atoms with Gasteiger partial charge >= 0.3 is 0 Å². The molecule has 4 saturated carbocycles. The number of hydrogen-bond donors (Lipinski definition) is 1. The van der Waals surface area contributed by atoms with Crippen molar-refractivity contribution in [3.05, 3.63) is 0 Å². The molecule has 134 valence electrons. The van der Waals surface area contributed by atoms with Gasteiger partial charge in [-0.05, 0) is 85.9 Å². The Morgan fingerprint density at radius 2 is 1.79 bits per heavy atom. The number of aliphatic hydroxyl groups excluding tert-OH is 1. The van der Waals surface area contributed by atoms with Gasteiger partial charge in [-0.25, -0.2) is 0 Å². The van der Waals surface area contributed by atoms with E-state index in [1.807, 2.05) is 0 Å². The van der Waals surface area contributed by atoms with E-state index in [4.69, 9.17) is 4.74 Å². The highest BCUT2D eigenvalue weighted by atomic mass is 16.5. The lowest BCUT2D eigenvalue weighted by Gasteiger charge is -2.61. The maximum absolute atomic E-state index is 10.4. The predicted octanol–water partition coefficient (Wildman–Crippen LogP) is 4.15. The Morgan fingerprint density at radius 3 is 2.50 bits per heavy atom. The fourth-order valence-electron chi connectivity index (χ4n) is 7.71. The molecule has 4 aliphatic rings. The molecule has 0 aliphatic heterocycles. The maximum atomic E-state index is 10.4. The van der Waals surface area contributed by atoms with E-state index in [0.717, 1.165) is 37.0 Å². The first-order valence-corrected chi connectivity index (χ1v) is 10.0. The highest BCUT2D eigenvalue weighted by Crippen LogP contribution is 2.67. The molecule has 0 aromatic carbocycles. The summed E-state index contributed by atoms with van der Waals surface area (Å²) < 4.78 is 5.65. The molecule has 3 nitrogen and oxygen atoms in total. The van der Waals surface area contributed by atoms with Gasteiger partial charge in [-0.1, -0.05) is 13.8 Å². The van der Waals surface area contributed by atoms with Gasteiger partial charge in [0.25, 0.3) is 0 Å². The zero-order valence-corrected chi connectivity index (χ0v) is 15.5. The van der Waals surface area contributed by atoms with Crippen LogP contribution in [0.3, 0.4) is 0 Å². The first kappa shape index (κ1) is 16.9. The smallest absolute Gasteiger partial charge is 0.0835 e. The molecule has 0 heterocycles. The van der Waals surface area contributed by atoms with E-state index in [2.05, 4.69) is 19.9 Å². The zero-order valence-electron chi connectivity index (χ0n) is 15.5. The van der Waals surface area contributed by atoms with Crippen LogP contribution in [0.25, 0.3) is 0 Å². The van der Waals surface area contributed by atoms with Crippen molar-refractivity contribution in [3.8, 4) is 6.07 Å². The Hall–Kier alpha value is -0.590. The molecule has 3 heteroatoms. The van der Waals surface area contributed by atoms with Gasteiger partial charge in [-0.2, -0.15) is 5.26 Å². The lowest BCUT2D eigenvalue weighted by Crippen LogP contribution is -2.56. The van der Waals surface area contributed by atoms with Crippen LogP contribution in [0.1, 0.15) is 65.2 Å². The van der Waals surface area contributed by atoms with Crippen molar-refractivity contribution >= 4 is 0 Å². The summed E-state index contributed by atoms with van der Waals surface area (Å²) in [6, 6.07) is 2.63. The summed E-state index contributed by atoms with van der Waals surface area (Å²) >= 11 is 0. The number of nitrogens with zero attached hydrogens (tertiary/aromatic N) is 1. The molecule has 0 saturated heterocycles. The first-order chi connectivity index (χ1) is 11.4. The van der Waals surface area contributed by atoms with Crippen molar-refractivity contribution in [1.29, 1.82) is 5.26 Å². The van der Waals surface area contributed by atoms with Gasteiger partial charge in [0, 0.05) is 7.11 Å². The van der Waals surface area contributed by atoms with E-state index in [-0.39, 0.29) is 23.5 Å². The maximum Gasteiger partial charge on any atom is 0.0835 e. The summed E-state index contributed by atoms with van der Waals surface area (Å²) in [5.74, 6) is 3.21. The fourth-order valence-corrected chi connectivity index (χ4v) is 7.71.